The van der Waals surface area contributed by atoms with Crippen LogP contribution in [0.25, 0.3) is 0 Å². The molecule has 1 atom stereocenters. The van der Waals surface area contributed by atoms with Crippen LogP contribution in [-0.4, -0.2) is 20.4 Å². The lowest BCUT2D eigenvalue weighted by atomic mass is 10.1. The fourth-order valence-electron chi connectivity index (χ4n) is 1.22. The zero-order valence-electron chi connectivity index (χ0n) is 8.14. The van der Waals surface area contributed by atoms with Crippen LogP contribution >= 0.6 is 0 Å². The zero-order valence-corrected chi connectivity index (χ0v) is 8.96. The second-order valence-corrected chi connectivity index (χ2v) is 5.70. The van der Waals surface area contributed by atoms with Gasteiger partial charge >= 0.3 is 0 Å². The van der Waals surface area contributed by atoms with Crippen LogP contribution in [-0.2, 0) is 9.84 Å². The molecular formula is C9H15NO3S. The molecule has 4 nitrogen and oxygen atoms in total. The Morgan fingerprint density at radius 1 is 1.57 bits per heavy atom. The standard InChI is InChI=1S/C9H15NO3S/c1-14(11,12)6-2-3-9(10)8-4-5-13-7-8/h4-5,7,9H,2-3,6,10H2,1H3. The van der Waals surface area contributed by atoms with Crippen LogP contribution in [0.3, 0.4) is 0 Å². The predicted molar refractivity (Wildman–Crippen MR) is 54.6 cm³/mol. The van der Waals surface area contributed by atoms with Gasteiger partial charge < -0.3 is 10.2 Å². The van der Waals surface area contributed by atoms with Gasteiger partial charge in [-0.3, -0.25) is 0 Å². The van der Waals surface area contributed by atoms with E-state index in [1.807, 2.05) is 0 Å². The summed E-state index contributed by atoms with van der Waals surface area (Å²) in [5.41, 5.74) is 6.73. The minimum absolute atomic E-state index is 0.129. The molecule has 0 amide bonds. The van der Waals surface area contributed by atoms with Gasteiger partial charge in [-0.15, -0.1) is 0 Å². The van der Waals surface area contributed by atoms with E-state index in [1.165, 1.54) is 6.26 Å². The number of nitrogens with two attached hydrogens (primary N) is 1. The zero-order chi connectivity index (χ0) is 10.6. The van der Waals surface area contributed by atoms with E-state index in [-0.39, 0.29) is 11.8 Å². The molecule has 0 spiro atoms. The first-order valence-electron chi connectivity index (χ1n) is 4.44. The highest BCUT2D eigenvalue weighted by Crippen LogP contribution is 2.15. The van der Waals surface area contributed by atoms with Crippen LogP contribution in [0, 0.1) is 0 Å². The fraction of sp³-hybridized carbons (Fsp3) is 0.556. The van der Waals surface area contributed by atoms with Crippen molar-refractivity contribution in [2.24, 2.45) is 5.73 Å². The first-order valence-corrected chi connectivity index (χ1v) is 6.50. The topological polar surface area (TPSA) is 73.3 Å². The molecule has 1 aromatic rings. The van der Waals surface area contributed by atoms with E-state index in [4.69, 9.17) is 10.2 Å². The largest absolute Gasteiger partial charge is 0.472 e. The van der Waals surface area contributed by atoms with Crippen LogP contribution < -0.4 is 5.73 Å². The summed E-state index contributed by atoms with van der Waals surface area (Å²) >= 11 is 0. The summed E-state index contributed by atoms with van der Waals surface area (Å²) in [7, 11) is -2.87. The number of hydrogen-bond acceptors (Lipinski definition) is 4. The normalized spacial score (nSPS) is 14.1. The van der Waals surface area contributed by atoms with E-state index < -0.39 is 9.84 Å². The lowest BCUT2D eigenvalue weighted by Crippen LogP contribution is -2.12. The van der Waals surface area contributed by atoms with Gasteiger partial charge in [0.05, 0.1) is 12.5 Å². The summed E-state index contributed by atoms with van der Waals surface area (Å²) in [6, 6.07) is 1.67. The number of sulfone groups is 1. The maximum atomic E-state index is 10.8. The van der Waals surface area contributed by atoms with Gasteiger partial charge in [0.25, 0.3) is 0 Å². The van der Waals surface area contributed by atoms with E-state index in [0.29, 0.717) is 12.8 Å². The molecule has 0 saturated carbocycles. The predicted octanol–water partition coefficient (Wildman–Crippen LogP) is 1.10. The summed E-state index contributed by atoms with van der Waals surface area (Å²) in [5, 5.41) is 0. The molecule has 1 heterocycles. The highest BCUT2D eigenvalue weighted by molar-refractivity contribution is 7.90. The Balaban J connectivity index is 2.33. The summed E-state index contributed by atoms with van der Waals surface area (Å²) in [6.07, 6.45) is 5.63. The Bertz CT molecular complexity index is 355. The first kappa shape index (κ1) is 11.3. The van der Waals surface area contributed by atoms with Crippen molar-refractivity contribution in [2.75, 3.05) is 12.0 Å². The summed E-state index contributed by atoms with van der Waals surface area (Å²) in [6.45, 7) is 0. The van der Waals surface area contributed by atoms with E-state index in [1.54, 1.807) is 18.6 Å². The molecule has 1 aromatic heterocycles. The molecule has 0 fully saturated rings. The first-order chi connectivity index (χ1) is 6.49. The Hall–Kier alpha value is -0.810. The van der Waals surface area contributed by atoms with Gasteiger partial charge in [-0.2, -0.15) is 0 Å². The third-order valence-electron chi connectivity index (χ3n) is 2.00. The van der Waals surface area contributed by atoms with Gasteiger partial charge in [0.1, 0.15) is 9.84 Å². The molecule has 14 heavy (non-hydrogen) atoms. The van der Waals surface area contributed by atoms with Crippen molar-refractivity contribution < 1.29 is 12.8 Å². The molecule has 0 radical (unpaired) electrons. The molecule has 0 aliphatic rings. The molecule has 2 N–H and O–H groups in total. The number of furan rings is 1. The molecule has 0 aliphatic heterocycles. The van der Waals surface area contributed by atoms with Crippen molar-refractivity contribution >= 4 is 9.84 Å². The lowest BCUT2D eigenvalue weighted by Gasteiger charge is -2.07. The lowest BCUT2D eigenvalue weighted by molar-refractivity contribution is 0.552. The van der Waals surface area contributed by atoms with Crippen molar-refractivity contribution in [3.05, 3.63) is 24.2 Å². The van der Waals surface area contributed by atoms with Crippen LogP contribution in [0.5, 0.6) is 0 Å². The van der Waals surface area contributed by atoms with Crippen molar-refractivity contribution in [3.63, 3.8) is 0 Å². The van der Waals surface area contributed by atoms with Gasteiger partial charge in [-0.05, 0) is 18.9 Å². The van der Waals surface area contributed by atoms with Crippen molar-refractivity contribution in [1.29, 1.82) is 0 Å². The van der Waals surface area contributed by atoms with E-state index in [2.05, 4.69) is 0 Å². The molecular weight excluding hydrogens is 202 g/mol. The van der Waals surface area contributed by atoms with Gasteiger partial charge in [0.2, 0.25) is 0 Å². The van der Waals surface area contributed by atoms with Crippen molar-refractivity contribution in [1.82, 2.24) is 0 Å². The third kappa shape index (κ3) is 3.93. The molecule has 1 rings (SSSR count). The smallest absolute Gasteiger partial charge is 0.147 e. The van der Waals surface area contributed by atoms with Crippen LogP contribution in [0.1, 0.15) is 24.4 Å². The highest BCUT2D eigenvalue weighted by atomic mass is 32.2. The average molecular weight is 217 g/mol. The maximum absolute atomic E-state index is 10.8. The molecule has 1 unspecified atom stereocenters. The van der Waals surface area contributed by atoms with E-state index in [0.717, 1.165) is 5.56 Å². The minimum Gasteiger partial charge on any atom is -0.472 e. The Morgan fingerprint density at radius 2 is 2.29 bits per heavy atom. The molecule has 80 valence electrons. The maximum Gasteiger partial charge on any atom is 0.147 e. The second-order valence-electron chi connectivity index (χ2n) is 3.44. The summed E-state index contributed by atoms with van der Waals surface area (Å²) in [5.74, 6) is 0.193. The van der Waals surface area contributed by atoms with E-state index in [9.17, 15) is 8.42 Å². The third-order valence-corrected chi connectivity index (χ3v) is 3.03. The molecule has 0 saturated heterocycles. The quantitative estimate of drug-likeness (QED) is 0.801. The highest BCUT2D eigenvalue weighted by Gasteiger charge is 2.08. The van der Waals surface area contributed by atoms with Crippen LogP contribution in [0.2, 0.25) is 0 Å². The van der Waals surface area contributed by atoms with Crippen molar-refractivity contribution in [2.45, 2.75) is 18.9 Å². The SMILES string of the molecule is CS(=O)(=O)CCCC(N)c1ccoc1. The van der Waals surface area contributed by atoms with Crippen molar-refractivity contribution in [3.8, 4) is 0 Å². The Morgan fingerprint density at radius 3 is 2.79 bits per heavy atom. The number of rotatable bonds is 5. The van der Waals surface area contributed by atoms with Gasteiger partial charge in [-0.25, -0.2) is 8.42 Å². The minimum atomic E-state index is -2.87. The fourth-order valence-corrected chi connectivity index (χ4v) is 1.91. The van der Waals surface area contributed by atoms with Gasteiger partial charge in [0.15, 0.2) is 0 Å². The summed E-state index contributed by atoms with van der Waals surface area (Å²) in [4.78, 5) is 0. The van der Waals surface area contributed by atoms with Crippen LogP contribution in [0.4, 0.5) is 0 Å². The number of hydrogen-bond donors (Lipinski definition) is 1. The average Bonchev–Trinajstić information content (AvgIpc) is 2.53. The van der Waals surface area contributed by atoms with Gasteiger partial charge in [-0.1, -0.05) is 0 Å². The monoisotopic (exact) mass is 217 g/mol. The summed E-state index contributed by atoms with van der Waals surface area (Å²) < 4.78 is 26.6. The Kier molecular flexibility index (Phi) is 3.71. The van der Waals surface area contributed by atoms with E-state index >= 15 is 0 Å². The molecule has 0 aromatic carbocycles. The Labute approximate surface area is 84.0 Å². The van der Waals surface area contributed by atoms with Gasteiger partial charge in [0, 0.05) is 23.6 Å². The molecule has 0 aliphatic carbocycles. The second kappa shape index (κ2) is 4.61. The molecule has 5 heteroatoms. The molecule has 0 bridgehead atoms. The van der Waals surface area contributed by atoms with Crippen LogP contribution in [0.15, 0.2) is 23.0 Å².